The van der Waals surface area contributed by atoms with Crippen molar-refractivity contribution in [2.75, 3.05) is 31.7 Å². The number of ether oxygens (including phenoxy) is 2. The fraction of sp³-hybridized carbons (Fsp3) is 0.423. The first kappa shape index (κ1) is 24.7. The van der Waals surface area contributed by atoms with E-state index in [1.165, 1.54) is 0 Å². The Morgan fingerprint density at radius 1 is 1.19 bits per heavy atom. The molecule has 0 amide bonds. The highest BCUT2D eigenvalue weighted by atomic mass is 16.5. The molecule has 37 heavy (non-hydrogen) atoms. The highest BCUT2D eigenvalue weighted by Crippen LogP contribution is 2.35. The van der Waals surface area contributed by atoms with Crippen LogP contribution in [0.3, 0.4) is 0 Å². The van der Waals surface area contributed by atoms with E-state index in [-0.39, 0.29) is 23.9 Å². The minimum Gasteiger partial charge on any atom is -0.481 e. The molecule has 0 aliphatic carbocycles. The van der Waals surface area contributed by atoms with Gasteiger partial charge < -0.3 is 19.5 Å². The van der Waals surface area contributed by atoms with E-state index < -0.39 is 11.2 Å². The Morgan fingerprint density at radius 3 is 2.57 bits per heavy atom. The molecule has 6 heterocycles. The van der Waals surface area contributed by atoms with Crippen LogP contribution in [-0.4, -0.2) is 74.4 Å². The molecule has 3 aliphatic heterocycles. The highest BCUT2D eigenvalue weighted by molar-refractivity contribution is 5.66. The predicted octanol–water partition coefficient (Wildman–Crippen LogP) is 1.72. The first-order valence-electron chi connectivity index (χ1n) is 12.1. The normalized spacial score (nSPS) is 19.2. The number of hydrogen-bond donors (Lipinski definition) is 2. The molecule has 2 N–H and O–H groups in total. The number of piperazine rings is 1. The van der Waals surface area contributed by atoms with Gasteiger partial charge in [-0.05, 0) is 38.0 Å². The lowest BCUT2D eigenvalue weighted by atomic mass is 9.87. The van der Waals surface area contributed by atoms with Gasteiger partial charge in [-0.2, -0.15) is 10.2 Å². The zero-order chi connectivity index (χ0) is 26.2. The molecule has 0 spiro atoms. The molecule has 3 aliphatic rings. The van der Waals surface area contributed by atoms with E-state index in [2.05, 4.69) is 35.8 Å². The molecule has 0 radical (unpaired) electrons. The van der Waals surface area contributed by atoms with Gasteiger partial charge in [0, 0.05) is 55.7 Å². The van der Waals surface area contributed by atoms with Crippen molar-refractivity contribution in [3.8, 4) is 29.2 Å². The van der Waals surface area contributed by atoms with Gasteiger partial charge in [0.05, 0.1) is 12.7 Å². The third-order valence-corrected chi connectivity index (χ3v) is 6.63. The van der Waals surface area contributed by atoms with Crippen molar-refractivity contribution in [1.82, 2.24) is 24.8 Å². The third-order valence-electron chi connectivity index (χ3n) is 6.63. The van der Waals surface area contributed by atoms with Crippen LogP contribution in [0.15, 0.2) is 41.5 Å². The number of methoxy groups -OCH3 is 1. The van der Waals surface area contributed by atoms with Crippen LogP contribution in [0.25, 0.3) is 11.3 Å². The second kappa shape index (κ2) is 9.80. The molecule has 2 bridgehead atoms. The summed E-state index contributed by atoms with van der Waals surface area (Å²) in [6, 6.07) is 10.4. The predicted molar refractivity (Wildman–Crippen MR) is 135 cm³/mol. The number of H-pyrrole nitrogens is 1. The first-order chi connectivity index (χ1) is 17.7. The van der Waals surface area contributed by atoms with Crippen LogP contribution < -0.4 is 19.9 Å². The molecule has 3 saturated heterocycles. The number of hydrogen-bond acceptors (Lipinski definition) is 10. The van der Waals surface area contributed by atoms with E-state index >= 15 is 0 Å². The zero-order valence-electron chi connectivity index (χ0n) is 21.0. The third kappa shape index (κ3) is 5.26. The maximum absolute atomic E-state index is 12.4. The Hall–Kier alpha value is -4.01. The van der Waals surface area contributed by atoms with E-state index in [0.717, 1.165) is 37.4 Å². The van der Waals surface area contributed by atoms with Gasteiger partial charge in [-0.1, -0.05) is 6.07 Å². The standard InChI is InChI=1S/C26H29N7O4/c1-26(2,35)15-37-25-30-23(20(9-27)24(34)31-25)17-5-6-21(28-11-17)32-13-18-8-19(14-32)33(18)12-16-4-7-22(36-3)29-10-16/h4-7,10-11,18-19,35H,8,12-15H2,1-3H3,(H,30,31,34). The summed E-state index contributed by atoms with van der Waals surface area (Å²) in [5.74, 6) is 1.45. The quantitative estimate of drug-likeness (QED) is 0.467. The molecule has 2 unspecified atom stereocenters. The number of nitrogens with one attached hydrogen (secondary N) is 1. The molecule has 192 valence electrons. The molecule has 0 aromatic carbocycles. The van der Waals surface area contributed by atoms with Crippen molar-refractivity contribution in [1.29, 1.82) is 5.26 Å². The van der Waals surface area contributed by atoms with E-state index in [0.29, 0.717) is 23.5 Å². The van der Waals surface area contributed by atoms with Crippen molar-refractivity contribution in [3.05, 3.63) is 58.1 Å². The van der Waals surface area contributed by atoms with E-state index in [1.807, 2.05) is 30.5 Å². The van der Waals surface area contributed by atoms with Crippen molar-refractivity contribution < 1.29 is 14.6 Å². The Balaban J connectivity index is 1.28. The van der Waals surface area contributed by atoms with E-state index in [1.54, 1.807) is 27.2 Å². The molecular formula is C26H29N7O4. The van der Waals surface area contributed by atoms with Gasteiger partial charge in [0.1, 0.15) is 29.8 Å². The molecular weight excluding hydrogens is 474 g/mol. The fourth-order valence-corrected chi connectivity index (χ4v) is 4.76. The van der Waals surface area contributed by atoms with Gasteiger partial charge in [-0.3, -0.25) is 14.7 Å². The number of anilines is 1. The van der Waals surface area contributed by atoms with Gasteiger partial charge in [0.15, 0.2) is 0 Å². The summed E-state index contributed by atoms with van der Waals surface area (Å²) in [7, 11) is 1.61. The van der Waals surface area contributed by atoms with Crippen molar-refractivity contribution in [2.45, 2.75) is 44.5 Å². The van der Waals surface area contributed by atoms with Gasteiger partial charge in [0.25, 0.3) is 11.6 Å². The summed E-state index contributed by atoms with van der Waals surface area (Å²) < 4.78 is 10.6. The lowest BCUT2D eigenvalue weighted by Crippen LogP contribution is -2.68. The number of aromatic nitrogens is 4. The SMILES string of the molecule is COc1ccc(CN2C3CC2CN(c2ccc(-c4nc(OCC(C)(C)O)[nH]c(=O)c4C#N)cn2)C3)cn1. The van der Waals surface area contributed by atoms with Gasteiger partial charge in [0.2, 0.25) is 5.88 Å². The summed E-state index contributed by atoms with van der Waals surface area (Å²) in [5.41, 5.74) is 0.0632. The van der Waals surface area contributed by atoms with Crippen molar-refractivity contribution in [3.63, 3.8) is 0 Å². The first-order valence-corrected chi connectivity index (χ1v) is 12.1. The van der Waals surface area contributed by atoms with Crippen LogP contribution in [0, 0.1) is 11.3 Å². The van der Waals surface area contributed by atoms with Gasteiger partial charge in [-0.15, -0.1) is 0 Å². The van der Waals surface area contributed by atoms with Crippen LogP contribution in [0.2, 0.25) is 0 Å². The Morgan fingerprint density at radius 2 is 1.97 bits per heavy atom. The van der Waals surface area contributed by atoms with Crippen LogP contribution >= 0.6 is 0 Å². The van der Waals surface area contributed by atoms with Crippen LogP contribution in [0.1, 0.15) is 31.4 Å². The number of nitrogens with zero attached hydrogens (tertiary/aromatic N) is 6. The minimum absolute atomic E-state index is 0.0616. The van der Waals surface area contributed by atoms with Gasteiger partial charge >= 0.3 is 0 Å². The molecule has 2 atom stereocenters. The second-order valence-corrected chi connectivity index (χ2v) is 10.0. The summed E-state index contributed by atoms with van der Waals surface area (Å²) in [4.78, 5) is 32.9. The molecule has 11 heteroatoms. The van der Waals surface area contributed by atoms with E-state index in [9.17, 15) is 15.2 Å². The monoisotopic (exact) mass is 503 g/mol. The minimum atomic E-state index is -1.11. The van der Waals surface area contributed by atoms with E-state index in [4.69, 9.17) is 9.47 Å². The Labute approximate surface area is 214 Å². The highest BCUT2D eigenvalue weighted by Gasteiger charge is 2.44. The van der Waals surface area contributed by atoms with Crippen LogP contribution in [0.5, 0.6) is 11.9 Å². The average molecular weight is 504 g/mol. The average Bonchev–Trinajstić information content (AvgIpc) is 2.90. The maximum atomic E-state index is 12.4. The zero-order valence-corrected chi connectivity index (χ0v) is 21.0. The summed E-state index contributed by atoms with van der Waals surface area (Å²) in [6.07, 6.45) is 4.65. The largest absolute Gasteiger partial charge is 0.481 e. The molecule has 11 nitrogen and oxygen atoms in total. The Kier molecular flexibility index (Phi) is 6.54. The summed E-state index contributed by atoms with van der Waals surface area (Å²) in [5, 5.41) is 19.4. The number of rotatable bonds is 8. The Bertz CT molecular complexity index is 1350. The second-order valence-electron chi connectivity index (χ2n) is 10.0. The molecule has 3 aromatic rings. The summed E-state index contributed by atoms with van der Waals surface area (Å²) in [6.45, 7) is 5.69. The topological polar surface area (TPSA) is 140 Å². The van der Waals surface area contributed by atoms with Crippen LogP contribution in [0.4, 0.5) is 5.82 Å². The number of pyridine rings is 2. The smallest absolute Gasteiger partial charge is 0.297 e. The lowest BCUT2D eigenvalue weighted by molar-refractivity contribution is -0.00876. The van der Waals surface area contributed by atoms with Crippen molar-refractivity contribution >= 4 is 5.82 Å². The van der Waals surface area contributed by atoms with Crippen molar-refractivity contribution in [2.24, 2.45) is 0 Å². The number of piperidine rings is 1. The summed E-state index contributed by atoms with van der Waals surface area (Å²) >= 11 is 0. The molecule has 3 aromatic heterocycles. The molecule has 3 fully saturated rings. The number of aliphatic hydroxyl groups is 1. The van der Waals surface area contributed by atoms with Crippen LogP contribution in [-0.2, 0) is 6.54 Å². The number of fused-ring (bicyclic) bond motifs is 2. The number of nitriles is 1. The maximum Gasteiger partial charge on any atom is 0.297 e. The lowest BCUT2D eigenvalue weighted by Gasteiger charge is -2.56. The van der Waals surface area contributed by atoms with Gasteiger partial charge in [-0.25, -0.2) is 9.97 Å². The fourth-order valence-electron chi connectivity index (χ4n) is 4.76. The number of aromatic amines is 1. The molecule has 6 rings (SSSR count). The molecule has 0 saturated carbocycles.